The predicted molar refractivity (Wildman–Crippen MR) is 51.7 cm³/mol. The first-order valence-electron chi connectivity index (χ1n) is 5.41. The van der Waals surface area contributed by atoms with E-state index in [2.05, 4.69) is 5.32 Å². The van der Waals surface area contributed by atoms with E-state index in [1.807, 2.05) is 6.92 Å². The van der Waals surface area contributed by atoms with Gasteiger partial charge >= 0.3 is 6.18 Å². The summed E-state index contributed by atoms with van der Waals surface area (Å²) in [6.45, 7) is 3.59. The number of hydrogen-bond donors (Lipinski definition) is 1. The summed E-state index contributed by atoms with van der Waals surface area (Å²) in [6, 6.07) is -0.445. The van der Waals surface area contributed by atoms with Gasteiger partial charge in [0, 0.05) is 19.3 Å². The number of rotatable bonds is 4. The molecule has 0 radical (unpaired) electrons. The largest absolute Gasteiger partial charge is 0.390 e. The molecule has 1 heterocycles. The highest BCUT2D eigenvalue weighted by Gasteiger charge is 2.35. The Balaban J connectivity index is 2.47. The average molecular weight is 225 g/mol. The maximum Gasteiger partial charge on any atom is 0.390 e. The Morgan fingerprint density at radius 1 is 1.33 bits per heavy atom. The van der Waals surface area contributed by atoms with Crippen LogP contribution in [0.3, 0.4) is 0 Å². The molecule has 1 saturated heterocycles. The lowest BCUT2D eigenvalue weighted by Gasteiger charge is -2.31. The average Bonchev–Trinajstić information content (AvgIpc) is 2.17. The predicted octanol–water partition coefficient (Wildman–Crippen LogP) is 2.34. The molecule has 0 amide bonds. The van der Waals surface area contributed by atoms with Crippen LogP contribution in [0.15, 0.2) is 0 Å². The molecule has 0 bridgehead atoms. The Kier molecular flexibility index (Phi) is 4.86. The fraction of sp³-hybridized carbons (Fsp3) is 1.00. The van der Waals surface area contributed by atoms with Gasteiger partial charge in [-0.05, 0) is 25.3 Å². The minimum absolute atomic E-state index is 0.0975. The van der Waals surface area contributed by atoms with E-state index in [1.54, 1.807) is 0 Å². The maximum absolute atomic E-state index is 12.3. The number of halogens is 3. The number of hydrogen-bond acceptors (Lipinski definition) is 2. The molecule has 15 heavy (non-hydrogen) atoms. The van der Waals surface area contributed by atoms with Gasteiger partial charge in [0.25, 0.3) is 0 Å². The third-order valence-corrected chi connectivity index (χ3v) is 2.75. The van der Waals surface area contributed by atoms with E-state index in [1.165, 1.54) is 0 Å². The van der Waals surface area contributed by atoms with Gasteiger partial charge in [-0.15, -0.1) is 0 Å². The summed E-state index contributed by atoms with van der Waals surface area (Å²) in [7, 11) is 0. The second-order valence-electron chi connectivity index (χ2n) is 3.93. The molecule has 0 aromatic heterocycles. The molecule has 90 valence electrons. The quantitative estimate of drug-likeness (QED) is 0.793. The van der Waals surface area contributed by atoms with Crippen molar-refractivity contribution in [3.63, 3.8) is 0 Å². The first-order chi connectivity index (χ1) is 7.03. The third kappa shape index (κ3) is 4.84. The smallest absolute Gasteiger partial charge is 0.381 e. The zero-order valence-electron chi connectivity index (χ0n) is 8.94. The molecule has 2 nitrogen and oxygen atoms in total. The summed E-state index contributed by atoms with van der Waals surface area (Å²) >= 11 is 0. The molecule has 1 N–H and O–H groups in total. The van der Waals surface area contributed by atoms with E-state index >= 15 is 0 Å². The van der Waals surface area contributed by atoms with Gasteiger partial charge < -0.3 is 10.1 Å². The van der Waals surface area contributed by atoms with E-state index in [4.69, 9.17) is 4.74 Å². The second kappa shape index (κ2) is 5.70. The lowest BCUT2D eigenvalue weighted by atomic mass is 9.89. The first kappa shape index (κ1) is 12.8. The molecular formula is C10H18F3NO. The molecule has 0 saturated carbocycles. The van der Waals surface area contributed by atoms with Gasteiger partial charge in [0.15, 0.2) is 0 Å². The SMILES string of the molecule is CCNC(CC(F)(F)F)C1CCOCC1. The molecule has 1 fully saturated rings. The Morgan fingerprint density at radius 3 is 2.40 bits per heavy atom. The van der Waals surface area contributed by atoms with Crippen LogP contribution in [0.2, 0.25) is 0 Å². The van der Waals surface area contributed by atoms with Gasteiger partial charge in [-0.3, -0.25) is 0 Å². The van der Waals surface area contributed by atoms with Gasteiger partial charge in [-0.2, -0.15) is 13.2 Å². The molecule has 1 atom stereocenters. The van der Waals surface area contributed by atoms with Crippen LogP contribution < -0.4 is 5.32 Å². The Bertz CT molecular complexity index is 178. The van der Waals surface area contributed by atoms with Crippen molar-refractivity contribution in [3.05, 3.63) is 0 Å². The molecule has 1 rings (SSSR count). The molecule has 0 aliphatic carbocycles. The standard InChI is InChI=1S/C10H18F3NO/c1-2-14-9(7-10(11,12)13)8-3-5-15-6-4-8/h8-9,14H,2-7H2,1H3. The summed E-state index contributed by atoms with van der Waals surface area (Å²) in [5.41, 5.74) is 0. The van der Waals surface area contributed by atoms with Crippen molar-refractivity contribution >= 4 is 0 Å². The summed E-state index contributed by atoms with van der Waals surface area (Å²) in [6.07, 6.45) is -3.35. The third-order valence-electron chi connectivity index (χ3n) is 2.75. The van der Waals surface area contributed by atoms with Crippen LogP contribution in [-0.4, -0.2) is 32.0 Å². The fourth-order valence-electron chi connectivity index (χ4n) is 2.04. The van der Waals surface area contributed by atoms with E-state index in [-0.39, 0.29) is 5.92 Å². The van der Waals surface area contributed by atoms with E-state index in [0.29, 0.717) is 19.8 Å². The number of ether oxygens (including phenoxy) is 1. The Morgan fingerprint density at radius 2 is 1.93 bits per heavy atom. The number of nitrogens with one attached hydrogen (secondary N) is 1. The minimum Gasteiger partial charge on any atom is -0.381 e. The van der Waals surface area contributed by atoms with Gasteiger partial charge in [0.1, 0.15) is 0 Å². The zero-order chi connectivity index (χ0) is 11.3. The van der Waals surface area contributed by atoms with Gasteiger partial charge in [-0.1, -0.05) is 6.92 Å². The normalized spacial score (nSPS) is 21.6. The van der Waals surface area contributed by atoms with Gasteiger partial charge in [-0.25, -0.2) is 0 Å². The van der Waals surface area contributed by atoms with Crippen molar-refractivity contribution in [2.24, 2.45) is 5.92 Å². The summed E-state index contributed by atoms with van der Waals surface area (Å²) in [4.78, 5) is 0. The van der Waals surface area contributed by atoms with Crippen molar-refractivity contribution in [2.75, 3.05) is 19.8 Å². The van der Waals surface area contributed by atoms with Gasteiger partial charge in [0.2, 0.25) is 0 Å². The van der Waals surface area contributed by atoms with E-state index < -0.39 is 18.6 Å². The summed E-state index contributed by atoms with van der Waals surface area (Å²) < 4.78 is 42.1. The topological polar surface area (TPSA) is 21.3 Å². The Labute approximate surface area is 88.2 Å². The first-order valence-corrected chi connectivity index (χ1v) is 5.41. The molecule has 1 aliphatic heterocycles. The van der Waals surface area contributed by atoms with Crippen LogP contribution in [0.25, 0.3) is 0 Å². The minimum atomic E-state index is -4.08. The van der Waals surface area contributed by atoms with Crippen LogP contribution in [0.1, 0.15) is 26.2 Å². The van der Waals surface area contributed by atoms with Crippen molar-refractivity contribution in [1.82, 2.24) is 5.32 Å². The second-order valence-corrected chi connectivity index (χ2v) is 3.93. The molecule has 0 aromatic carbocycles. The van der Waals surface area contributed by atoms with Crippen LogP contribution in [0.5, 0.6) is 0 Å². The monoisotopic (exact) mass is 225 g/mol. The van der Waals surface area contributed by atoms with Crippen LogP contribution in [0, 0.1) is 5.92 Å². The highest BCUT2D eigenvalue weighted by Crippen LogP contribution is 2.28. The lowest BCUT2D eigenvalue weighted by Crippen LogP contribution is -2.42. The summed E-state index contributed by atoms with van der Waals surface area (Å²) in [5, 5.41) is 2.93. The number of alkyl halides is 3. The zero-order valence-corrected chi connectivity index (χ0v) is 8.94. The van der Waals surface area contributed by atoms with E-state index in [9.17, 15) is 13.2 Å². The van der Waals surface area contributed by atoms with Crippen LogP contribution in [0.4, 0.5) is 13.2 Å². The Hall–Kier alpha value is -0.290. The van der Waals surface area contributed by atoms with Crippen molar-refractivity contribution in [2.45, 2.75) is 38.4 Å². The molecule has 1 unspecified atom stereocenters. The fourth-order valence-corrected chi connectivity index (χ4v) is 2.04. The van der Waals surface area contributed by atoms with Crippen LogP contribution >= 0.6 is 0 Å². The summed E-state index contributed by atoms with van der Waals surface area (Å²) in [5.74, 6) is 0.0975. The van der Waals surface area contributed by atoms with Gasteiger partial charge in [0.05, 0.1) is 6.42 Å². The molecule has 0 spiro atoms. The lowest BCUT2D eigenvalue weighted by molar-refractivity contribution is -0.145. The van der Waals surface area contributed by atoms with E-state index in [0.717, 1.165) is 12.8 Å². The maximum atomic E-state index is 12.3. The molecule has 5 heteroatoms. The van der Waals surface area contributed by atoms with Crippen LogP contribution in [-0.2, 0) is 4.74 Å². The highest BCUT2D eigenvalue weighted by molar-refractivity contribution is 4.80. The highest BCUT2D eigenvalue weighted by atomic mass is 19.4. The van der Waals surface area contributed by atoms with Crippen molar-refractivity contribution in [3.8, 4) is 0 Å². The molecule has 0 aromatic rings. The van der Waals surface area contributed by atoms with Crippen molar-refractivity contribution < 1.29 is 17.9 Å². The van der Waals surface area contributed by atoms with Crippen molar-refractivity contribution in [1.29, 1.82) is 0 Å². The molecular weight excluding hydrogens is 207 g/mol. The molecule has 1 aliphatic rings.